The molecule has 10 nitrogen and oxygen atoms in total. The van der Waals surface area contributed by atoms with Crippen molar-refractivity contribution in [2.75, 3.05) is 66.0 Å². The molecule has 7 atom stereocenters. The van der Waals surface area contributed by atoms with Gasteiger partial charge < -0.3 is 33.7 Å². The van der Waals surface area contributed by atoms with Gasteiger partial charge in [0, 0.05) is 19.4 Å². The van der Waals surface area contributed by atoms with Gasteiger partial charge in [-0.25, -0.2) is 0 Å². The summed E-state index contributed by atoms with van der Waals surface area (Å²) in [6.45, 7) is 14.3. The van der Waals surface area contributed by atoms with Crippen LogP contribution < -0.4 is 5.32 Å². The smallest absolute Gasteiger partial charge is 0.308 e. The SMILES string of the molecule is CC(C)(C)OC(=O)CCOCCOCCOCCOCCNC(=O)CO[C@H]1CC[C@H]2[C@@H]3CC[C@H]4CC(=O)CC[C@]4(C)[C@H]3CC[C@]12C. The molecule has 4 saturated carbocycles. The number of nitrogens with one attached hydrogen (secondary N) is 1. The van der Waals surface area contributed by atoms with Gasteiger partial charge in [-0.05, 0) is 100 Å². The molecule has 0 aromatic rings. The highest BCUT2D eigenvalue weighted by Crippen LogP contribution is 2.66. The van der Waals surface area contributed by atoms with Crippen LogP contribution in [0.3, 0.4) is 0 Å². The van der Waals surface area contributed by atoms with Crippen LogP contribution >= 0.6 is 0 Å². The summed E-state index contributed by atoms with van der Waals surface area (Å²) in [5, 5.41) is 2.92. The summed E-state index contributed by atoms with van der Waals surface area (Å²) in [6.07, 6.45) is 10.1. The maximum absolute atomic E-state index is 12.5. The number of ether oxygens (including phenoxy) is 6. The third kappa shape index (κ3) is 10.2. The molecule has 0 unspecified atom stereocenters. The van der Waals surface area contributed by atoms with E-state index >= 15 is 0 Å². The quantitative estimate of drug-likeness (QED) is 0.163. The number of Topliss-reactive ketones (excluding diaryl/α,β-unsaturated/α-hetero) is 1. The topological polar surface area (TPSA) is 119 Å². The molecule has 0 aliphatic heterocycles. The molecule has 46 heavy (non-hydrogen) atoms. The first kappa shape index (κ1) is 37.2. The standard InChI is InChI=1S/C36H61NO9/c1-34(2,3)46-33(40)12-16-41-18-20-43-22-23-44-21-19-42-17-15-37-32(39)25-45-31-9-8-29-28-7-6-26-24-27(38)10-13-35(26,4)30(28)11-14-36(29,31)5/h26,28-31H,6-25H2,1-5H3,(H,37,39)/t26-,28-,29-,30-,31-,35-,36-/m0/s1. The summed E-state index contributed by atoms with van der Waals surface area (Å²) >= 11 is 0. The Hall–Kier alpha value is -1.59. The van der Waals surface area contributed by atoms with E-state index in [-0.39, 0.29) is 36.4 Å². The minimum atomic E-state index is -0.478. The molecule has 0 radical (unpaired) electrons. The third-order valence-corrected chi connectivity index (χ3v) is 11.4. The van der Waals surface area contributed by atoms with Crippen molar-refractivity contribution in [3.63, 3.8) is 0 Å². The Morgan fingerprint density at radius 3 is 2.09 bits per heavy atom. The highest BCUT2D eigenvalue weighted by molar-refractivity contribution is 5.79. The van der Waals surface area contributed by atoms with Crippen LogP contribution in [0.25, 0.3) is 0 Å². The molecule has 0 heterocycles. The first-order valence-corrected chi connectivity index (χ1v) is 17.9. The van der Waals surface area contributed by atoms with Gasteiger partial charge in [0.2, 0.25) is 5.91 Å². The number of amides is 1. The lowest BCUT2D eigenvalue weighted by Gasteiger charge is -2.60. The van der Waals surface area contributed by atoms with Crippen molar-refractivity contribution in [1.82, 2.24) is 5.32 Å². The van der Waals surface area contributed by atoms with E-state index in [0.717, 1.165) is 43.9 Å². The minimum absolute atomic E-state index is 0.0913. The Labute approximate surface area is 276 Å². The van der Waals surface area contributed by atoms with E-state index in [1.807, 2.05) is 20.8 Å². The molecule has 4 rings (SSSR count). The summed E-state index contributed by atoms with van der Waals surface area (Å²) in [5.41, 5.74) is -0.0170. The summed E-state index contributed by atoms with van der Waals surface area (Å²) in [6, 6.07) is 0. The molecule has 0 aromatic carbocycles. The summed E-state index contributed by atoms with van der Waals surface area (Å²) in [5.74, 6) is 2.81. The van der Waals surface area contributed by atoms with E-state index in [4.69, 9.17) is 28.4 Å². The van der Waals surface area contributed by atoms with Crippen molar-refractivity contribution >= 4 is 17.7 Å². The van der Waals surface area contributed by atoms with Gasteiger partial charge >= 0.3 is 5.97 Å². The highest BCUT2D eigenvalue weighted by atomic mass is 16.6. The van der Waals surface area contributed by atoms with Crippen molar-refractivity contribution in [3.05, 3.63) is 0 Å². The first-order chi connectivity index (χ1) is 21.9. The lowest BCUT2D eigenvalue weighted by Crippen LogP contribution is -2.54. The second-order valence-electron chi connectivity index (χ2n) is 15.5. The van der Waals surface area contributed by atoms with Crippen molar-refractivity contribution in [2.24, 2.45) is 34.5 Å². The fraction of sp³-hybridized carbons (Fsp3) is 0.917. The second kappa shape index (κ2) is 17.2. The lowest BCUT2D eigenvalue weighted by atomic mass is 9.45. The largest absolute Gasteiger partial charge is 0.460 e. The van der Waals surface area contributed by atoms with E-state index in [0.29, 0.717) is 82.4 Å². The van der Waals surface area contributed by atoms with E-state index in [9.17, 15) is 14.4 Å². The van der Waals surface area contributed by atoms with Crippen LogP contribution in [0.4, 0.5) is 0 Å². The van der Waals surface area contributed by atoms with Gasteiger partial charge in [0.05, 0.1) is 65.4 Å². The van der Waals surface area contributed by atoms with Gasteiger partial charge in [0.1, 0.15) is 18.0 Å². The maximum Gasteiger partial charge on any atom is 0.308 e. The molecule has 1 N–H and O–H groups in total. The monoisotopic (exact) mass is 651 g/mol. The molecule has 0 spiro atoms. The van der Waals surface area contributed by atoms with Crippen molar-refractivity contribution in [1.29, 1.82) is 0 Å². The Kier molecular flexibility index (Phi) is 13.9. The van der Waals surface area contributed by atoms with Gasteiger partial charge in [-0.3, -0.25) is 14.4 Å². The van der Waals surface area contributed by atoms with E-state index < -0.39 is 5.60 Å². The Bertz CT molecular complexity index is 998. The third-order valence-electron chi connectivity index (χ3n) is 11.4. The second-order valence-corrected chi connectivity index (χ2v) is 15.5. The average Bonchev–Trinajstić information content (AvgIpc) is 3.33. The fourth-order valence-corrected chi connectivity index (χ4v) is 9.07. The van der Waals surface area contributed by atoms with Gasteiger partial charge in [0.15, 0.2) is 0 Å². The van der Waals surface area contributed by atoms with Gasteiger partial charge in [-0.1, -0.05) is 13.8 Å². The van der Waals surface area contributed by atoms with Crippen LogP contribution in [0.2, 0.25) is 0 Å². The molecule has 4 fully saturated rings. The van der Waals surface area contributed by atoms with Crippen molar-refractivity contribution in [2.45, 2.75) is 111 Å². The Balaban J connectivity index is 0.980. The molecule has 4 aliphatic carbocycles. The summed E-state index contributed by atoms with van der Waals surface area (Å²) in [7, 11) is 0. The number of carbonyl (C=O) groups excluding carboxylic acids is 3. The highest BCUT2D eigenvalue weighted by Gasteiger charge is 2.60. The number of carbonyl (C=O) groups is 3. The zero-order valence-electron chi connectivity index (χ0n) is 29.2. The molecule has 264 valence electrons. The average molecular weight is 652 g/mol. The molecular formula is C36H61NO9. The van der Waals surface area contributed by atoms with Crippen LogP contribution in [0, 0.1) is 34.5 Å². The number of fused-ring (bicyclic) bond motifs is 5. The van der Waals surface area contributed by atoms with E-state index in [2.05, 4.69) is 19.2 Å². The van der Waals surface area contributed by atoms with Crippen molar-refractivity contribution in [3.8, 4) is 0 Å². The van der Waals surface area contributed by atoms with E-state index in [1.165, 1.54) is 25.7 Å². The predicted octanol–water partition coefficient (Wildman–Crippen LogP) is 4.90. The summed E-state index contributed by atoms with van der Waals surface area (Å²) < 4.78 is 33.5. The van der Waals surface area contributed by atoms with Gasteiger partial charge in [0.25, 0.3) is 0 Å². The van der Waals surface area contributed by atoms with Crippen LogP contribution in [0.15, 0.2) is 0 Å². The Morgan fingerprint density at radius 1 is 0.783 bits per heavy atom. The number of hydrogen-bond acceptors (Lipinski definition) is 9. The van der Waals surface area contributed by atoms with Crippen LogP contribution in [-0.2, 0) is 42.8 Å². The maximum atomic E-state index is 12.5. The molecule has 1 amide bonds. The van der Waals surface area contributed by atoms with Crippen LogP contribution in [-0.4, -0.2) is 95.4 Å². The molecule has 10 heteroatoms. The van der Waals surface area contributed by atoms with Crippen LogP contribution in [0.5, 0.6) is 0 Å². The Morgan fingerprint density at radius 2 is 1.41 bits per heavy atom. The molecule has 0 bridgehead atoms. The molecule has 4 aliphatic rings. The van der Waals surface area contributed by atoms with Gasteiger partial charge in [-0.2, -0.15) is 0 Å². The number of hydrogen-bond donors (Lipinski definition) is 1. The normalized spacial score (nSPS) is 32.4. The number of esters is 1. The van der Waals surface area contributed by atoms with E-state index in [1.54, 1.807) is 0 Å². The first-order valence-electron chi connectivity index (χ1n) is 17.9. The lowest BCUT2D eigenvalue weighted by molar-refractivity contribution is -0.156. The molecule has 0 aromatic heterocycles. The van der Waals surface area contributed by atoms with Gasteiger partial charge in [-0.15, -0.1) is 0 Å². The molecular weight excluding hydrogens is 590 g/mol. The number of ketones is 1. The number of rotatable bonds is 18. The minimum Gasteiger partial charge on any atom is -0.460 e. The zero-order chi connectivity index (χ0) is 33.2. The summed E-state index contributed by atoms with van der Waals surface area (Å²) in [4.78, 5) is 36.3. The molecule has 0 saturated heterocycles. The zero-order valence-corrected chi connectivity index (χ0v) is 29.2. The van der Waals surface area contributed by atoms with Crippen molar-refractivity contribution < 1.29 is 42.8 Å². The van der Waals surface area contributed by atoms with Crippen LogP contribution in [0.1, 0.15) is 98.8 Å². The predicted molar refractivity (Wildman–Crippen MR) is 173 cm³/mol. The fourth-order valence-electron chi connectivity index (χ4n) is 9.07.